The summed E-state index contributed by atoms with van der Waals surface area (Å²) in [6.45, 7) is 9.32. The van der Waals surface area contributed by atoms with E-state index in [2.05, 4.69) is 11.8 Å². The maximum atomic E-state index is 13.0. The van der Waals surface area contributed by atoms with Gasteiger partial charge < -0.3 is 14.4 Å². The number of aryl methyl sites for hydroxylation is 1. The highest BCUT2D eigenvalue weighted by Gasteiger charge is 2.26. The van der Waals surface area contributed by atoms with Gasteiger partial charge in [0.25, 0.3) is 0 Å². The first-order valence-electron chi connectivity index (χ1n) is 10.5. The number of likely N-dealkylation sites (tertiary alicyclic amines) is 1. The van der Waals surface area contributed by atoms with Crippen molar-refractivity contribution in [2.75, 3.05) is 39.9 Å². The number of carbonyl (C=O) groups is 2. The van der Waals surface area contributed by atoms with Crippen molar-refractivity contribution in [2.24, 2.45) is 0 Å². The molecule has 0 bridgehead atoms. The average Bonchev–Trinajstić information content (AvgIpc) is 3.16. The van der Waals surface area contributed by atoms with Crippen LogP contribution in [0.25, 0.3) is 6.08 Å². The second kappa shape index (κ2) is 11.6. The number of hydrogen-bond acceptors (Lipinski definition) is 5. The first-order chi connectivity index (χ1) is 14.0. The van der Waals surface area contributed by atoms with Crippen LogP contribution >= 0.6 is 0 Å². The fourth-order valence-corrected chi connectivity index (χ4v) is 3.77. The average molecular weight is 403 g/mol. The van der Waals surface area contributed by atoms with Gasteiger partial charge in [0.15, 0.2) is 0 Å². The minimum absolute atomic E-state index is 0.0965. The molecule has 0 N–H and O–H groups in total. The van der Waals surface area contributed by atoms with Crippen LogP contribution in [0.5, 0.6) is 5.75 Å². The predicted octanol–water partition coefficient (Wildman–Crippen LogP) is 3.28. The molecule has 6 nitrogen and oxygen atoms in total. The Morgan fingerprint density at radius 1 is 1.31 bits per heavy atom. The van der Waals surface area contributed by atoms with Crippen molar-refractivity contribution in [3.63, 3.8) is 0 Å². The summed E-state index contributed by atoms with van der Waals surface area (Å²) in [5.41, 5.74) is 1.96. The third kappa shape index (κ3) is 6.89. The summed E-state index contributed by atoms with van der Waals surface area (Å²) in [6.07, 6.45) is 5.80. The Labute approximate surface area is 174 Å². The van der Waals surface area contributed by atoms with Crippen LogP contribution in [0.15, 0.2) is 24.3 Å². The Bertz CT molecular complexity index is 717. The van der Waals surface area contributed by atoms with Gasteiger partial charge in [0, 0.05) is 30.8 Å². The molecular formula is C23H34N2O4. The van der Waals surface area contributed by atoms with E-state index in [1.165, 1.54) is 0 Å². The normalized spacial score (nSPS) is 16.9. The maximum Gasteiger partial charge on any atom is 0.307 e. The van der Waals surface area contributed by atoms with Crippen LogP contribution in [0, 0.1) is 6.92 Å². The summed E-state index contributed by atoms with van der Waals surface area (Å²) in [5, 5.41) is 0. The zero-order chi connectivity index (χ0) is 21.2. The standard InChI is InChI=1S/C23H34N2O4/c1-5-24-14-7-8-20(24)17-25(15-13-23(27)29-6-2)22(26)12-10-19-16-18(3)9-11-21(19)28-4/h9-12,16,20H,5-8,13-15,17H2,1-4H3/b12-10+. The number of rotatable bonds is 10. The molecule has 1 heterocycles. The second-order valence-electron chi connectivity index (χ2n) is 7.34. The van der Waals surface area contributed by atoms with Crippen molar-refractivity contribution in [1.29, 1.82) is 0 Å². The SMILES string of the molecule is CCOC(=O)CCN(CC1CCCN1CC)C(=O)/C=C/c1cc(C)ccc1OC. The minimum atomic E-state index is -0.270. The molecule has 1 aromatic rings. The van der Waals surface area contributed by atoms with Gasteiger partial charge in [-0.15, -0.1) is 0 Å². The monoisotopic (exact) mass is 402 g/mol. The van der Waals surface area contributed by atoms with Gasteiger partial charge in [-0.3, -0.25) is 14.5 Å². The summed E-state index contributed by atoms with van der Waals surface area (Å²) in [4.78, 5) is 29.0. The number of carbonyl (C=O) groups excluding carboxylic acids is 2. The van der Waals surface area contributed by atoms with Crippen molar-refractivity contribution in [2.45, 2.75) is 46.1 Å². The van der Waals surface area contributed by atoms with E-state index in [0.29, 0.717) is 25.7 Å². The first-order valence-corrected chi connectivity index (χ1v) is 10.5. The first kappa shape index (κ1) is 22.9. The highest BCUT2D eigenvalue weighted by Crippen LogP contribution is 2.22. The van der Waals surface area contributed by atoms with Crippen molar-refractivity contribution in [3.8, 4) is 5.75 Å². The Balaban J connectivity index is 2.12. The van der Waals surface area contributed by atoms with Gasteiger partial charge in [-0.1, -0.05) is 18.6 Å². The molecular weight excluding hydrogens is 368 g/mol. The Kier molecular flexibility index (Phi) is 9.19. The molecule has 160 valence electrons. The van der Waals surface area contributed by atoms with E-state index < -0.39 is 0 Å². The van der Waals surface area contributed by atoms with Crippen LogP contribution < -0.4 is 4.74 Å². The maximum absolute atomic E-state index is 13.0. The third-order valence-corrected chi connectivity index (χ3v) is 5.33. The van der Waals surface area contributed by atoms with Gasteiger partial charge >= 0.3 is 5.97 Å². The number of amides is 1. The third-order valence-electron chi connectivity index (χ3n) is 5.33. The van der Waals surface area contributed by atoms with E-state index >= 15 is 0 Å². The zero-order valence-corrected chi connectivity index (χ0v) is 18.1. The molecule has 1 aliphatic rings. The van der Waals surface area contributed by atoms with Crippen LogP contribution in [0.2, 0.25) is 0 Å². The lowest BCUT2D eigenvalue weighted by Crippen LogP contribution is -2.43. The lowest BCUT2D eigenvalue weighted by Gasteiger charge is -2.29. The van der Waals surface area contributed by atoms with Gasteiger partial charge in [-0.05, 0) is 58.0 Å². The highest BCUT2D eigenvalue weighted by molar-refractivity contribution is 5.92. The summed E-state index contributed by atoms with van der Waals surface area (Å²) >= 11 is 0. The minimum Gasteiger partial charge on any atom is -0.496 e. The number of benzene rings is 1. The molecule has 29 heavy (non-hydrogen) atoms. The van der Waals surface area contributed by atoms with Gasteiger partial charge in [0.2, 0.25) is 5.91 Å². The van der Waals surface area contributed by atoms with Gasteiger partial charge in [0.1, 0.15) is 5.75 Å². The smallest absolute Gasteiger partial charge is 0.307 e. The van der Waals surface area contributed by atoms with Gasteiger partial charge in [-0.25, -0.2) is 0 Å². The van der Waals surface area contributed by atoms with Crippen molar-refractivity contribution < 1.29 is 19.1 Å². The molecule has 6 heteroatoms. The summed E-state index contributed by atoms with van der Waals surface area (Å²) in [7, 11) is 1.62. The highest BCUT2D eigenvalue weighted by atomic mass is 16.5. The molecule has 1 aliphatic heterocycles. The molecule has 1 aromatic carbocycles. The van der Waals surface area contributed by atoms with E-state index in [1.807, 2.05) is 25.1 Å². The lowest BCUT2D eigenvalue weighted by molar-refractivity contribution is -0.143. The Morgan fingerprint density at radius 2 is 2.10 bits per heavy atom. The van der Waals surface area contributed by atoms with Gasteiger partial charge in [0.05, 0.1) is 20.1 Å². The second-order valence-corrected chi connectivity index (χ2v) is 7.34. The number of methoxy groups -OCH3 is 1. The van der Waals surface area contributed by atoms with Crippen LogP contribution in [-0.2, 0) is 14.3 Å². The Hall–Kier alpha value is -2.34. The van der Waals surface area contributed by atoms with Crippen LogP contribution in [0.4, 0.5) is 0 Å². The molecule has 0 aromatic heterocycles. The van der Waals surface area contributed by atoms with Crippen LogP contribution in [0.1, 0.15) is 44.2 Å². The fourth-order valence-electron chi connectivity index (χ4n) is 3.77. The number of hydrogen-bond donors (Lipinski definition) is 0. The molecule has 0 aliphatic carbocycles. The lowest BCUT2D eigenvalue weighted by atomic mass is 10.1. The van der Waals surface area contributed by atoms with Crippen molar-refractivity contribution >= 4 is 18.0 Å². The molecule has 1 amide bonds. The van der Waals surface area contributed by atoms with Gasteiger partial charge in [-0.2, -0.15) is 0 Å². The molecule has 1 fully saturated rings. The summed E-state index contributed by atoms with van der Waals surface area (Å²) in [6, 6.07) is 6.20. The van der Waals surface area contributed by atoms with E-state index in [4.69, 9.17) is 9.47 Å². The molecule has 1 saturated heterocycles. The molecule has 1 atom stereocenters. The van der Waals surface area contributed by atoms with E-state index in [0.717, 1.165) is 42.8 Å². The number of nitrogens with zero attached hydrogens (tertiary/aromatic N) is 2. The van der Waals surface area contributed by atoms with E-state index in [1.54, 1.807) is 31.1 Å². The molecule has 0 spiro atoms. The van der Waals surface area contributed by atoms with Crippen LogP contribution in [-0.4, -0.2) is 67.6 Å². The number of likely N-dealkylation sites (N-methyl/N-ethyl adjacent to an activating group) is 1. The van der Waals surface area contributed by atoms with Crippen molar-refractivity contribution in [1.82, 2.24) is 9.80 Å². The van der Waals surface area contributed by atoms with E-state index in [-0.39, 0.29) is 18.3 Å². The molecule has 1 unspecified atom stereocenters. The molecule has 0 radical (unpaired) electrons. The summed E-state index contributed by atoms with van der Waals surface area (Å²) in [5.74, 6) is 0.361. The zero-order valence-electron chi connectivity index (χ0n) is 18.1. The van der Waals surface area contributed by atoms with Crippen LogP contribution in [0.3, 0.4) is 0 Å². The number of esters is 1. The number of ether oxygens (including phenoxy) is 2. The largest absolute Gasteiger partial charge is 0.496 e. The predicted molar refractivity (Wildman–Crippen MR) is 115 cm³/mol. The molecule has 0 saturated carbocycles. The molecule has 2 rings (SSSR count). The van der Waals surface area contributed by atoms with E-state index in [9.17, 15) is 9.59 Å². The topological polar surface area (TPSA) is 59.1 Å². The quantitative estimate of drug-likeness (QED) is 0.444. The van der Waals surface area contributed by atoms with Crippen molar-refractivity contribution in [3.05, 3.63) is 35.4 Å². The fraction of sp³-hybridized carbons (Fsp3) is 0.565. The summed E-state index contributed by atoms with van der Waals surface area (Å²) < 4.78 is 10.4. The Morgan fingerprint density at radius 3 is 2.79 bits per heavy atom.